The van der Waals surface area contributed by atoms with E-state index in [1.807, 2.05) is 7.05 Å². The first-order valence-electron chi connectivity index (χ1n) is 6.99. The first kappa shape index (κ1) is 14.4. The van der Waals surface area contributed by atoms with Gasteiger partial charge in [-0.2, -0.15) is 0 Å². The van der Waals surface area contributed by atoms with E-state index < -0.39 is 0 Å². The zero-order chi connectivity index (χ0) is 14.0. The number of hydrogen-bond acceptors (Lipinski definition) is 3. The fourth-order valence-electron chi connectivity index (χ4n) is 3.33. The minimum Gasteiger partial charge on any atom is -0.496 e. The van der Waals surface area contributed by atoms with Crippen LogP contribution in [-0.2, 0) is 0 Å². The molecule has 0 aromatic heterocycles. The SMILES string of the molecule is CNCC1(C(c2ccc(OC)c(C)c2)N(C)C)CC1. The van der Waals surface area contributed by atoms with Crippen LogP contribution >= 0.6 is 0 Å². The van der Waals surface area contributed by atoms with Gasteiger partial charge in [-0.15, -0.1) is 0 Å². The standard InChI is InChI=1S/C16H26N2O/c1-12-10-13(6-7-14(12)19-5)15(18(3)4)16(8-9-16)11-17-2/h6-7,10,15,17H,8-9,11H2,1-5H3. The smallest absolute Gasteiger partial charge is 0.121 e. The van der Waals surface area contributed by atoms with Gasteiger partial charge in [0.25, 0.3) is 0 Å². The molecular formula is C16H26N2O. The number of benzene rings is 1. The van der Waals surface area contributed by atoms with Crippen LogP contribution in [0, 0.1) is 12.3 Å². The highest BCUT2D eigenvalue weighted by Crippen LogP contribution is 2.56. The van der Waals surface area contributed by atoms with Crippen molar-refractivity contribution in [3.63, 3.8) is 0 Å². The third-order valence-corrected chi connectivity index (χ3v) is 4.25. The molecule has 1 unspecified atom stereocenters. The third kappa shape index (κ3) is 2.77. The van der Waals surface area contributed by atoms with E-state index in [2.05, 4.69) is 49.4 Å². The van der Waals surface area contributed by atoms with Crippen molar-refractivity contribution in [2.45, 2.75) is 25.8 Å². The Kier molecular flexibility index (Phi) is 4.16. The maximum atomic E-state index is 5.36. The van der Waals surface area contributed by atoms with Gasteiger partial charge in [0.1, 0.15) is 5.75 Å². The van der Waals surface area contributed by atoms with Crippen molar-refractivity contribution in [1.82, 2.24) is 10.2 Å². The van der Waals surface area contributed by atoms with Gasteiger partial charge in [-0.1, -0.05) is 12.1 Å². The summed E-state index contributed by atoms with van der Waals surface area (Å²) in [5.41, 5.74) is 3.02. The Morgan fingerprint density at radius 1 is 1.37 bits per heavy atom. The molecule has 0 spiro atoms. The second-order valence-electron chi connectivity index (χ2n) is 5.99. The van der Waals surface area contributed by atoms with E-state index in [0.717, 1.165) is 12.3 Å². The number of rotatable bonds is 6. The summed E-state index contributed by atoms with van der Waals surface area (Å²) in [5, 5.41) is 3.36. The average molecular weight is 262 g/mol. The number of aryl methyl sites for hydroxylation is 1. The molecule has 0 radical (unpaired) electrons. The Morgan fingerprint density at radius 3 is 2.47 bits per heavy atom. The maximum Gasteiger partial charge on any atom is 0.121 e. The van der Waals surface area contributed by atoms with Crippen molar-refractivity contribution in [2.24, 2.45) is 5.41 Å². The molecule has 0 saturated heterocycles. The molecule has 0 heterocycles. The zero-order valence-corrected chi connectivity index (χ0v) is 12.8. The van der Waals surface area contributed by atoms with Gasteiger partial charge >= 0.3 is 0 Å². The lowest BCUT2D eigenvalue weighted by molar-refractivity contribution is 0.191. The van der Waals surface area contributed by atoms with E-state index in [1.54, 1.807) is 7.11 Å². The Hall–Kier alpha value is -1.06. The molecule has 19 heavy (non-hydrogen) atoms. The predicted molar refractivity (Wildman–Crippen MR) is 79.8 cm³/mol. The van der Waals surface area contributed by atoms with Gasteiger partial charge in [0.15, 0.2) is 0 Å². The highest BCUT2D eigenvalue weighted by atomic mass is 16.5. The van der Waals surface area contributed by atoms with E-state index in [1.165, 1.54) is 24.0 Å². The van der Waals surface area contributed by atoms with Crippen molar-refractivity contribution in [3.05, 3.63) is 29.3 Å². The van der Waals surface area contributed by atoms with E-state index in [-0.39, 0.29) is 0 Å². The first-order chi connectivity index (χ1) is 9.04. The molecule has 1 aromatic rings. The van der Waals surface area contributed by atoms with Crippen LogP contribution in [-0.4, -0.2) is 39.7 Å². The molecule has 3 nitrogen and oxygen atoms in total. The van der Waals surface area contributed by atoms with Crippen LogP contribution < -0.4 is 10.1 Å². The zero-order valence-electron chi connectivity index (χ0n) is 12.8. The molecular weight excluding hydrogens is 236 g/mol. The Labute approximate surface area is 116 Å². The quantitative estimate of drug-likeness (QED) is 0.853. The lowest BCUT2D eigenvalue weighted by atomic mass is 9.88. The molecule has 2 rings (SSSR count). The lowest BCUT2D eigenvalue weighted by Crippen LogP contribution is -2.34. The van der Waals surface area contributed by atoms with E-state index >= 15 is 0 Å². The molecule has 106 valence electrons. The summed E-state index contributed by atoms with van der Waals surface area (Å²) in [4.78, 5) is 2.35. The first-order valence-corrected chi connectivity index (χ1v) is 6.99. The van der Waals surface area contributed by atoms with Crippen molar-refractivity contribution in [1.29, 1.82) is 0 Å². The number of ether oxygens (including phenoxy) is 1. The van der Waals surface area contributed by atoms with Crippen LogP contribution in [0.3, 0.4) is 0 Å². The van der Waals surface area contributed by atoms with Crippen molar-refractivity contribution < 1.29 is 4.74 Å². The van der Waals surface area contributed by atoms with Crippen LogP contribution in [0.4, 0.5) is 0 Å². The molecule has 1 N–H and O–H groups in total. The Balaban J connectivity index is 2.32. The summed E-state index contributed by atoms with van der Waals surface area (Å²) >= 11 is 0. The molecule has 1 atom stereocenters. The summed E-state index contributed by atoms with van der Waals surface area (Å²) < 4.78 is 5.36. The summed E-state index contributed by atoms with van der Waals surface area (Å²) in [5.74, 6) is 0.972. The lowest BCUT2D eigenvalue weighted by Gasteiger charge is -2.33. The monoisotopic (exact) mass is 262 g/mol. The van der Waals surface area contributed by atoms with Gasteiger partial charge in [0.05, 0.1) is 7.11 Å². The van der Waals surface area contributed by atoms with E-state index in [9.17, 15) is 0 Å². The fourth-order valence-corrected chi connectivity index (χ4v) is 3.33. The van der Waals surface area contributed by atoms with Gasteiger partial charge in [-0.3, -0.25) is 0 Å². The second-order valence-corrected chi connectivity index (χ2v) is 5.99. The highest BCUT2D eigenvalue weighted by Gasteiger charge is 2.50. The summed E-state index contributed by atoms with van der Waals surface area (Å²) in [6.45, 7) is 3.20. The van der Waals surface area contributed by atoms with Gasteiger partial charge in [0.2, 0.25) is 0 Å². The molecule has 1 aromatic carbocycles. The van der Waals surface area contributed by atoms with Crippen LogP contribution in [0.2, 0.25) is 0 Å². The molecule has 0 aliphatic heterocycles. The molecule has 3 heteroatoms. The average Bonchev–Trinajstić information content (AvgIpc) is 3.10. The maximum absolute atomic E-state index is 5.36. The highest BCUT2D eigenvalue weighted by molar-refractivity contribution is 5.38. The van der Waals surface area contributed by atoms with Crippen molar-refractivity contribution >= 4 is 0 Å². The Bertz CT molecular complexity index is 438. The third-order valence-electron chi connectivity index (χ3n) is 4.25. The van der Waals surface area contributed by atoms with E-state index in [4.69, 9.17) is 4.74 Å². The topological polar surface area (TPSA) is 24.5 Å². The van der Waals surface area contributed by atoms with Gasteiger partial charge < -0.3 is 15.0 Å². The molecule has 1 aliphatic rings. The van der Waals surface area contributed by atoms with Gasteiger partial charge in [-0.25, -0.2) is 0 Å². The van der Waals surface area contributed by atoms with Crippen LogP contribution in [0.5, 0.6) is 5.75 Å². The Morgan fingerprint density at radius 2 is 2.05 bits per heavy atom. The largest absolute Gasteiger partial charge is 0.496 e. The van der Waals surface area contributed by atoms with Crippen LogP contribution in [0.15, 0.2) is 18.2 Å². The molecule has 1 saturated carbocycles. The summed E-state index contributed by atoms with van der Waals surface area (Å²) in [6, 6.07) is 7.06. The number of nitrogens with zero attached hydrogens (tertiary/aromatic N) is 1. The summed E-state index contributed by atoms with van der Waals surface area (Å²) in [7, 11) is 8.14. The minimum atomic E-state index is 0.402. The van der Waals surface area contributed by atoms with Gasteiger partial charge in [0, 0.05) is 18.0 Å². The molecule has 1 fully saturated rings. The molecule has 0 bridgehead atoms. The summed E-state index contributed by atoms with van der Waals surface area (Å²) in [6.07, 6.45) is 2.61. The number of nitrogens with one attached hydrogen (secondary N) is 1. The fraction of sp³-hybridized carbons (Fsp3) is 0.625. The van der Waals surface area contributed by atoms with Crippen LogP contribution in [0.1, 0.15) is 30.0 Å². The molecule has 0 amide bonds. The van der Waals surface area contributed by atoms with Gasteiger partial charge in [-0.05, 0) is 58.1 Å². The predicted octanol–water partition coefficient (Wildman–Crippen LogP) is 2.61. The number of methoxy groups -OCH3 is 1. The minimum absolute atomic E-state index is 0.402. The normalized spacial score (nSPS) is 18.4. The van der Waals surface area contributed by atoms with Crippen molar-refractivity contribution in [3.8, 4) is 5.75 Å². The second kappa shape index (κ2) is 5.51. The van der Waals surface area contributed by atoms with Crippen LogP contribution in [0.25, 0.3) is 0 Å². The molecule has 1 aliphatic carbocycles. The van der Waals surface area contributed by atoms with Crippen molar-refractivity contribution in [2.75, 3.05) is 34.8 Å². The number of hydrogen-bond donors (Lipinski definition) is 1. The van der Waals surface area contributed by atoms with E-state index in [0.29, 0.717) is 11.5 Å².